The molecule has 2 rings (SSSR count). The van der Waals surface area contributed by atoms with Crippen LogP contribution in [0.2, 0.25) is 0 Å². The van der Waals surface area contributed by atoms with Crippen LogP contribution in [0.1, 0.15) is 29.8 Å². The number of amides is 1. The van der Waals surface area contributed by atoms with Gasteiger partial charge in [0.1, 0.15) is 18.4 Å². The van der Waals surface area contributed by atoms with Crippen molar-refractivity contribution in [2.24, 2.45) is 0 Å². The molecule has 0 bridgehead atoms. The highest BCUT2D eigenvalue weighted by atomic mass is 32.1. The number of thiophene rings is 1. The van der Waals surface area contributed by atoms with E-state index in [-0.39, 0.29) is 12.6 Å². The standard InChI is InChI=1S/C11H13BN2O3S/c1-5-6-8(18-7(5)12)13-4-14(9(6)15)11(2,3)10(16)17/h13H,4H2,1-3H3,(H,16,17). The molecule has 0 fully saturated rings. The van der Waals surface area contributed by atoms with Gasteiger partial charge in [0.15, 0.2) is 0 Å². The first-order valence-corrected chi connectivity index (χ1v) is 6.26. The summed E-state index contributed by atoms with van der Waals surface area (Å²) in [5, 5.41) is 13.0. The summed E-state index contributed by atoms with van der Waals surface area (Å²) in [6.07, 6.45) is 0. The molecule has 1 amide bonds. The van der Waals surface area contributed by atoms with Gasteiger partial charge >= 0.3 is 5.97 Å². The molecule has 1 aromatic heterocycles. The van der Waals surface area contributed by atoms with Crippen molar-refractivity contribution >= 4 is 40.8 Å². The minimum atomic E-state index is -1.26. The van der Waals surface area contributed by atoms with Gasteiger partial charge in [0.05, 0.1) is 12.2 Å². The van der Waals surface area contributed by atoms with Crippen LogP contribution in [0.3, 0.4) is 0 Å². The van der Waals surface area contributed by atoms with Crippen LogP contribution in [-0.2, 0) is 4.79 Å². The van der Waals surface area contributed by atoms with E-state index in [9.17, 15) is 14.7 Å². The fourth-order valence-corrected chi connectivity index (χ4v) is 2.79. The molecule has 1 aromatic rings. The molecule has 0 unspecified atom stereocenters. The quantitative estimate of drug-likeness (QED) is 0.765. The van der Waals surface area contributed by atoms with Gasteiger partial charge in [0, 0.05) is 0 Å². The summed E-state index contributed by atoms with van der Waals surface area (Å²) in [6.45, 7) is 4.95. The Balaban J connectivity index is 2.46. The number of nitrogens with one attached hydrogen (secondary N) is 1. The van der Waals surface area contributed by atoms with Gasteiger partial charge in [-0.3, -0.25) is 4.79 Å². The van der Waals surface area contributed by atoms with Crippen molar-refractivity contribution in [3.8, 4) is 0 Å². The van der Waals surface area contributed by atoms with Crippen molar-refractivity contribution in [2.75, 3.05) is 12.0 Å². The Labute approximate surface area is 110 Å². The summed E-state index contributed by atoms with van der Waals surface area (Å²) in [4.78, 5) is 24.9. The number of anilines is 1. The molecule has 0 saturated heterocycles. The van der Waals surface area contributed by atoms with Gasteiger partial charge in [-0.15, -0.1) is 11.3 Å². The molecule has 0 saturated carbocycles. The molecule has 2 N–H and O–H groups in total. The van der Waals surface area contributed by atoms with Crippen molar-refractivity contribution in [3.63, 3.8) is 0 Å². The number of rotatable bonds is 2. The van der Waals surface area contributed by atoms with Crippen LogP contribution in [0, 0.1) is 6.92 Å². The summed E-state index contributed by atoms with van der Waals surface area (Å²) in [6, 6.07) is 0. The predicted molar refractivity (Wildman–Crippen MR) is 70.8 cm³/mol. The first kappa shape index (κ1) is 12.9. The fraction of sp³-hybridized carbons (Fsp3) is 0.455. The van der Waals surface area contributed by atoms with Gasteiger partial charge < -0.3 is 15.3 Å². The Kier molecular flexibility index (Phi) is 2.89. The van der Waals surface area contributed by atoms with Gasteiger partial charge in [-0.05, 0) is 31.1 Å². The molecule has 2 radical (unpaired) electrons. The van der Waals surface area contributed by atoms with E-state index in [4.69, 9.17) is 7.85 Å². The molecule has 0 spiro atoms. The SMILES string of the molecule is [B]c1sc2c(c1C)C(=O)N(C(C)(C)C(=O)O)CN2. The Hall–Kier alpha value is -1.50. The topological polar surface area (TPSA) is 69.6 Å². The number of hydrogen-bond acceptors (Lipinski definition) is 4. The number of aliphatic carboxylic acids is 1. The lowest BCUT2D eigenvalue weighted by Crippen LogP contribution is -2.56. The van der Waals surface area contributed by atoms with Crippen LogP contribution in [0.15, 0.2) is 0 Å². The van der Waals surface area contributed by atoms with Gasteiger partial charge in [-0.25, -0.2) is 4.79 Å². The molecule has 0 aromatic carbocycles. The molecule has 0 atom stereocenters. The van der Waals surface area contributed by atoms with E-state index in [0.717, 1.165) is 0 Å². The maximum atomic E-state index is 12.4. The molecular weight excluding hydrogens is 251 g/mol. The van der Waals surface area contributed by atoms with Crippen LogP contribution in [0.25, 0.3) is 0 Å². The zero-order valence-corrected chi connectivity index (χ0v) is 11.2. The smallest absolute Gasteiger partial charge is 0.329 e. The Morgan fingerprint density at radius 2 is 2.17 bits per heavy atom. The second kappa shape index (κ2) is 4.01. The Morgan fingerprint density at radius 1 is 1.56 bits per heavy atom. The molecule has 7 heteroatoms. The van der Waals surface area contributed by atoms with E-state index in [1.165, 1.54) is 30.1 Å². The van der Waals surface area contributed by atoms with Gasteiger partial charge in [0.25, 0.3) is 5.91 Å². The van der Waals surface area contributed by atoms with Crippen molar-refractivity contribution < 1.29 is 14.7 Å². The first-order valence-electron chi connectivity index (χ1n) is 5.45. The Morgan fingerprint density at radius 3 is 2.72 bits per heavy atom. The normalized spacial score (nSPS) is 15.3. The third kappa shape index (κ3) is 1.70. The summed E-state index contributed by atoms with van der Waals surface area (Å²) < 4.78 is 0.579. The van der Waals surface area contributed by atoms with Crippen molar-refractivity contribution in [3.05, 3.63) is 11.1 Å². The maximum Gasteiger partial charge on any atom is 0.329 e. The second-order valence-corrected chi connectivity index (χ2v) is 5.78. The zero-order valence-electron chi connectivity index (χ0n) is 10.4. The van der Waals surface area contributed by atoms with E-state index >= 15 is 0 Å². The van der Waals surface area contributed by atoms with E-state index in [2.05, 4.69) is 5.32 Å². The number of hydrogen-bond donors (Lipinski definition) is 2. The molecule has 2 heterocycles. The third-order valence-corrected chi connectivity index (χ3v) is 4.32. The Bertz CT molecular complexity index is 539. The van der Waals surface area contributed by atoms with Gasteiger partial charge in [-0.2, -0.15) is 0 Å². The van der Waals surface area contributed by atoms with Crippen LogP contribution >= 0.6 is 11.3 Å². The highest BCUT2D eigenvalue weighted by Gasteiger charge is 2.41. The lowest BCUT2D eigenvalue weighted by atomic mass is 9.96. The van der Waals surface area contributed by atoms with Crippen LogP contribution < -0.4 is 10.1 Å². The fourth-order valence-electron chi connectivity index (χ4n) is 1.84. The average Bonchev–Trinajstić information content (AvgIpc) is 2.55. The molecule has 0 aliphatic carbocycles. The number of nitrogens with zero attached hydrogens (tertiary/aromatic N) is 1. The number of carboxylic acids is 1. The average molecular weight is 264 g/mol. The molecule has 1 aliphatic rings. The summed E-state index contributed by atoms with van der Waals surface area (Å²) in [5.41, 5.74) is -0.0678. The maximum absolute atomic E-state index is 12.4. The van der Waals surface area contributed by atoms with Crippen LogP contribution in [0.4, 0.5) is 5.00 Å². The highest BCUT2D eigenvalue weighted by molar-refractivity contribution is 7.24. The third-order valence-electron chi connectivity index (χ3n) is 3.24. The number of carbonyl (C=O) groups excluding carboxylic acids is 1. The van der Waals surface area contributed by atoms with Crippen LogP contribution in [0.5, 0.6) is 0 Å². The highest BCUT2D eigenvalue weighted by Crippen LogP contribution is 2.32. The molecule has 1 aliphatic heterocycles. The number of fused-ring (bicyclic) bond motifs is 1. The largest absolute Gasteiger partial charge is 0.480 e. The molecule has 94 valence electrons. The first-order chi connectivity index (χ1) is 8.26. The van der Waals surface area contributed by atoms with E-state index < -0.39 is 11.5 Å². The summed E-state index contributed by atoms with van der Waals surface area (Å²) in [7, 11) is 5.79. The van der Waals surface area contributed by atoms with Crippen molar-refractivity contribution in [2.45, 2.75) is 26.3 Å². The van der Waals surface area contributed by atoms with Gasteiger partial charge in [-0.1, -0.05) is 0 Å². The lowest BCUT2D eigenvalue weighted by Gasteiger charge is -2.38. The molecule has 18 heavy (non-hydrogen) atoms. The van der Waals surface area contributed by atoms with Crippen LogP contribution in [-0.4, -0.2) is 41.9 Å². The number of carboxylic acid groups (broad SMARTS) is 1. The zero-order chi connectivity index (χ0) is 13.7. The summed E-state index contributed by atoms with van der Waals surface area (Å²) >= 11 is 1.31. The van der Waals surface area contributed by atoms with Crippen molar-refractivity contribution in [1.29, 1.82) is 0 Å². The van der Waals surface area contributed by atoms with Gasteiger partial charge in [0.2, 0.25) is 0 Å². The lowest BCUT2D eigenvalue weighted by molar-refractivity contribution is -0.147. The molecular formula is C11H13BN2O3S. The predicted octanol–water partition coefficient (Wildman–Crippen LogP) is 0.539. The van der Waals surface area contributed by atoms with E-state index in [1.807, 2.05) is 0 Å². The second-order valence-electron chi connectivity index (χ2n) is 4.73. The van der Waals surface area contributed by atoms with E-state index in [0.29, 0.717) is 20.9 Å². The summed E-state index contributed by atoms with van der Waals surface area (Å²) in [5.74, 6) is -1.33. The molecule has 5 nitrogen and oxygen atoms in total. The monoisotopic (exact) mass is 264 g/mol. The number of carbonyl (C=O) groups is 2. The minimum Gasteiger partial charge on any atom is -0.480 e. The van der Waals surface area contributed by atoms with E-state index in [1.54, 1.807) is 6.92 Å². The van der Waals surface area contributed by atoms with Crippen molar-refractivity contribution in [1.82, 2.24) is 4.90 Å². The minimum absolute atomic E-state index is 0.171.